The van der Waals surface area contributed by atoms with Crippen molar-refractivity contribution in [3.63, 3.8) is 0 Å². The first-order chi connectivity index (χ1) is 12.4. The summed E-state index contributed by atoms with van der Waals surface area (Å²) in [5.41, 5.74) is 1.59. The van der Waals surface area contributed by atoms with Gasteiger partial charge in [-0.1, -0.05) is 32.9 Å². The van der Waals surface area contributed by atoms with Crippen LogP contribution >= 0.6 is 0 Å². The van der Waals surface area contributed by atoms with Crippen LogP contribution in [0.25, 0.3) is 0 Å². The summed E-state index contributed by atoms with van der Waals surface area (Å²) >= 11 is 0. The molecular formula is C20H26N4O2. The van der Waals surface area contributed by atoms with E-state index in [-0.39, 0.29) is 17.5 Å². The molecule has 6 nitrogen and oxygen atoms in total. The van der Waals surface area contributed by atoms with Gasteiger partial charge in [-0.05, 0) is 30.5 Å². The predicted molar refractivity (Wildman–Crippen MR) is 101 cm³/mol. The van der Waals surface area contributed by atoms with E-state index in [1.165, 1.54) is 0 Å². The Morgan fingerprint density at radius 3 is 2.65 bits per heavy atom. The third-order valence-electron chi connectivity index (χ3n) is 4.57. The molecular weight excluding hydrogens is 328 g/mol. The quantitative estimate of drug-likeness (QED) is 0.899. The lowest BCUT2D eigenvalue weighted by molar-refractivity contribution is 0.207. The molecule has 1 N–H and O–H groups in total. The van der Waals surface area contributed by atoms with Crippen molar-refractivity contribution in [3.05, 3.63) is 48.0 Å². The molecule has 3 rings (SSSR count). The van der Waals surface area contributed by atoms with Crippen LogP contribution in [0.1, 0.15) is 51.0 Å². The molecule has 0 unspecified atom stereocenters. The minimum atomic E-state index is -0.123. The van der Waals surface area contributed by atoms with E-state index in [1.807, 2.05) is 29.2 Å². The number of aromatic nitrogens is 2. The largest absolute Gasteiger partial charge is 0.497 e. The number of amides is 2. The second-order valence-electron chi connectivity index (χ2n) is 7.60. The summed E-state index contributed by atoms with van der Waals surface area (Å²) < 4.78 is 5.31. The van der Waals surface area contributed by atoms with E-state index in [9.17, 15) is 4.79 Å². The summed E-state index contributed by atoms with van der Waals surface area (Å²) in [5, 5.41) is 2.92. The van der Waals surface area contributed by atoms with E-state index in [0.717, 1.165) is 36.5 Å². The third kappa shape index (κ3) is 3.95. The lowest BCUT2D eigenvalue weighted by Crippen LogP contribution is -2.34. The highest BCUT2D eigenvalue weighted by atomic mass is 16.5. The number of carbonyl (C=O) groups is 1. The van der Waals surface area contributed by atoms with E-state index in [1.54, 1.807) is 19.5 Å². The minimum absolute atomic E-state index is 0.0554. The fraction of sp³-hybridized carbons (Fsp3) is 0.450. The molecule has 1 fully saturated rings. The van der Waals surface area contributed by atoms with E-state index in [4.69, 9.17) is 4.74 Å². The number of anilines is 1. The van der Waals surface area contributed by atoms with Gasteiger partial charge < -0.3 is 15.0 Å². The fourth-order valence-corrected chi connectivity index (χ4v) is 3.18. The van der Waals surface area contributed by atoms with Gasteiger partial charge in [-0.3, -0.25) is 0 Å². The summed E-state index contributed by atoms with van der Waals surface area (Å²) in [6, 6.07) is 7.85. The van der Waals surface area contributed by atoms with Gasteiger partial charge in [0.15, 0.2) is 0 Å². The average molecular weight is 354 g/mol. The highest BCUT2D eigenvalue weighted by Crippen LogP contribution is 2.33. The summed E-state index contributed by atoms with van der Waals surface area (Å²) in [7, 11) is 1.65. The zero-order valence-corrected chi connectivity index (χ0v) is 15.8. The maximum atomic E-state index is 12.8. The maximum Gasteiger partial charge on any atom is 0.322 e. The number of benzene rings is 1. The Bertz CT molecular complexity index is 768. The first-order valence-electron chi connectivity index (χ1n) is 8.92. The van der Waals surface area contributed by atoms with Crippen molar-refractivity contribution in [2.75, 3.05) is 19.0 Å². The SMILES string of the molecule is COc1cccc([C@H]2CCCN2C(=O)Nc2cnc(C(C)(C)C)nc2)c1. The van der Waals surface area contributed by atoms with Gasteiger partial charge in [-0.15, -0.1) is 0 Å². The van der Waals surface area contributed by atoms with Crippen LogP contribution in [0.4, 0.5) is 10.5 Å². The summed E-state index contributed by atoms with van der Waals surface area (Å²) in [4.78, 5) is 23.4. The van der Waals surface area contributed by atoms with Gasteiger partial charge in [0, 0.05) is 12.0 Å². The van der Waals surface area contributed by atoms with Crippen molar-refractivity contribution in [2.24, 2.45) is 0 Å². The van der Waals surface area contributed by atoms with E-state index < -0.39 is 0 Å². The van der Waals surface area contributed by atoms with Gasteiger partial charge in [0.05, 0.1) is 31.2 Å². The monoisotopic (exact) mass is 354 g/mol. The Morgan fingerprint density at radius 1 is 1.27 bits per heavy atom. The van der Waals surface area contributed by atoms with Crippen LogP contribution in [0.15, 0.2) is 36.7 Å². The van der Waals surface area contributed by atoms with Crippen molar-refractivity contribution < 1.29 is 9.53 Å². The Balaban J connectivity index is 1.72. The molecule has 1 atom stereocenters. The van der Waals surface area contributed by atoms with Crippen molar-refractivity contribution >= 4 is 11.7 Å². The summed E-state index contributed by atoms with van der Waals surface area (Å²) in [6.45, 7) is 6.91. The van der Waals surface area contributed by atoms with Gasteiger partial charge in [-0.2, -0.15) is 0 Å². The second-order valence-corrected chi connectivity index (χ2v) is 7.60. The van der Waals surface area contributed by atoms with Crippen molar-refractivity contribution in [1.82, 2.24) is 14.9 Å². The minimum Gasteiger partial charge on any atom is -0.497 e. The fourth-order valence-electron chi connectivity index (χ4n) is 3.18. The number of urea groups is 1. The van der Waals surface area contributed by atoms with E-state index in [0.29, 0.717) is 5.69 Å². The summed E-state index contributed by atoms with van der Waals surface area (Å²) in [6.07, 6.45) is 5.26. The molecule has 0 saturated carbocycles. The van der Waals surface area contributed by atoms with Crippen LogP contribution in [0.2, 0.25) is 0 Å². The Kier molecular flexibility index (Phi) is 5.11. The van der Waals surface area contributed by atoms with Gasteiger partial charge in [-0.25, -0.2) is 14.8 Å². The average Bonchev–Trinajstić information content (AvgIpc) is 3.11. The number of rotatable bonds is 3. The van der Waals surface area contributed by atoms with Gasteiger partial charge in [0.1, 0.15) is 11.6 Å². The van der Waals surface area contributed by atoms with Gasteiger partial charge in [0.2, 0.25) is 0 Å². The number of methoxy groups -OCH3 is 1. The van der Waals surface area contributed by atoms with E-state index >= 15 is 0 Å². The van der Waals surface area contributed by atoms with Crippen LogP contribution in [0, 0.1) is 0 Å². The zero-order valence-electron chi connectivity index (χ0n) is 15.8. The van der Waals surface area contributed by atoms with Crippen molar-refractivity contribution in [2.45, 2.75) is 45.1 Å². The Labute approximate surface area is 154 Å². The molecule has 0 radical (unpaired) electrons. The molecule has 2 heterocycles. The molecule has 2 amide bonds. The van der Waals surface area contributed by atoms with Crippen molar-refractivity contribution in [1.29, 1.82) is 0 Å². The number of nitrogens with one attached hydrogen (secondary N) is 1. The highest BCUT2D eigenvalue weighted by molar-refractivity contribution is 5.89. The van der Waals surface area contributed by atoms with Crippen LogP contribution < -0.4 is 10.1 Å². The smallest absolute Gasteiger partial charge is 0.322 e. The van der Waals surface area contributed by atoms with Gasteiger partial charge in [0.25, 0.3) is 0 Å². The first kappa shape index (κ1) is 18.2. The molecule has 1 aliphatic heterocycles. The highest BCUT2D eigenvalue weighted by Gasteiger charge is 2.30. The summed E-state index contributed by atoms with van der Waals surface area (Å²) in [5.74, 6) is 1.56. The van der Waals surface area contributed by atoms with Crippen LogP contribution in [0.5, 0.6) is 5.75 Å². The maximum absolute atomic E-state index is 12.8. The number of hydrogen-bond donors (Lipinski definition) is 1. The third-order valence-corrected chi connectivity index (χ3v) is 4.57. The van der Waals surface area contributed by atoms with E-state index in [2.05, 4.69) is 36.1 Å². The van der Waals surface area contributed by atoms with Crippen molar-refractivity contribution in [3.8, 4) is 5.75 Å². The molecule has 6 heteroatoms. The predicted octanol–water partition coefficient (Wildman–Crippen LogP) is 4.15. The molecule has 0 spiro atoms. The Morgan fingerprint density at radius 2 is 2.00 bits per heavy atom. The molecule has 0 aliphatic carbocycles. The number of likely N-dealkylation sites (tertiary alicyclic amines) is 1. The number of carbonyl (C=O) groups excluding carboxylic acids is 1. The number of hydrogen-bond acceptors (Lipinski definition) is 4. The molecule has 1 saturated heterocycles. The number of ether oxygens (including phenoxy) is 1. The number of nitrogens with zero attached hydrogens (tertiary/aromatic N) is 3. The van der Waals surface area contributed by atoms with Crippen LogP contribution in [0.3, 0.4) is 0 Å². The Hall–Kier alpha value is -2.63. The molecule has 1 aromatic heterocycles. The zero-order chi connectivity index (χ0) is 18.7. The molecule has 26 heavy (non-hydrogen) atoms. The molecule has 2 aromatic rings. The lowest BCUT2D eigenvalue weighted by atomic mass is 9.96. The van der Waals surface area contributed by atoms with Gasteiger partial charge >= 0.3 is 6.03 Å². The van der Waals surface area contributed by atoms with Crippen LogP contribution in [-0.2, 0) is 5.41 Å². The topological polar surface area (TPSA) is 67.3 Å². The standard InChI is InChI=1S/C20H26N4O2/c1-20(2,3)18-21-12-15(13-22-18)23-19(25)24-10-6-9-17(24)14-7-5-8-16(11-14)26-4/h5,7-8,11-13,17H,6,9-10H2,1-4H3,(H,23,25)/t17-/m1/s1. The molecule has 1 aromatic carbocycles. The van der Waals surface area contributed by atoms with Crippen LogP contribution in [-0.4, -0.2) is 34.6 Å². The normalized spacial score (nSPS) is 17.2. The molecule has 0 bridgehead atoms. The first-order valence-corrected chi connectivity index (χ1v) is 8.92. The second kappa shape index (κ2) is 7.32. The molecule has 1 aliphatic rings. The lowest BCUT2D eigenvalue weighted by Gasteiger charge is -2.25. The molecule has 138 valence electrons.